The van der Waals surface area contributed by atoms with E-state index in [1.54, 1.807) is 6.92 Å². The Morgan fingerprint density at radius 2 is 2.00 bits per heavy atom. The second-order valence-electron chi connectivity index (χ2n) is 2.01. The van der Waals surface area contributed by atoms with Gasteiger partial charge in [0, 0.05) is 0 Å². The van der Waals surface area contributed by atoms with Crippen molar-refractivity contribution in [2.75, 3.05) is 6.61 Å². The fourth-order valence-corrected chi connectivity index (χ4v) is 0.112. The van der Waals surface area contributed by atoms with Crippen LogP contribution in [0.2, 0.25) is 0 Å². The van der Waals surface area contributed by atoms with Crippen LogP contribution in [0.25, 0.3) is 0 Å². The first kappa shape index (κ1) is 6.92. The fraction of sp³-hybridized carbons (Fsp3) is 1.00. The summed E-state index contributed by atoms with van der Waals surface area (Å²) in [5, 5.41) is 17.2. The van der Waals surface area contributed by atoms with E-state index in [2.05, 4.69) is 0 Å². The Bertz CT molecular complexity index is 44.0. The molecule has 7 heavy (non-hydrogen) atoms. The highest BCUT2D eigenvalue weighted by atomic mass is 16.3. The Hall–Kier alpha value is -0.0800. The highest BCUT2D eigenvalue weighted by Gasteiger charge is 2.13. The Morgan fingerprint density at radius 1 is 1.57 bits per heavy atom. The van der Waals surface area contributed by atoms with Crippen LogP contribution in [-0.4, -0.2) is 22.4 Å². The van der Waals surface area contributed by atoms with E-state index in [1.807, 2.05) is 6.92 Å². The maximum absolute atomic E-state index is 8.88. The van der Waals surface area contributed by atoms with Crippen molar-refractivity contribution < 1.29 is 10.2 Å². The third kappa shape index (κ3) is 2.60. The quantitative estimate of drug-likeness (QED) is 0.523. The lowest BCUT2D eigenvalue weighted by Gasteiger charge is -2.16. The zero-order valence-electron chi connectivity index (χ0n) is 4.81. The molecule has 0 aliphatic heterocycles. The molecule has 2 N–H and O–H groups in total. The van der Waals surface area contributed by atoms with Gasteiger partial charge >= 0.3 is 0 Å². The molecule has 0 fully saturated rings. The van der Waals surface area contributed by atoms with Gasteiger partial charge in [0.15, 0.2) is 0 Å². The molecule has 2 heteroatoms. The van der Waals surface area contributed by atoms with Crippen molar-refractivity contribution >= 4 is 0 Å². The molecule has 2 nitrogen and oxygen atoms in total. The maximum atomic E-state index is 8.88. The predicted molar refractivity (Wildman–Crippen MR) is 28.0 cm³/mol. The zero-order chi connectivity index (χ0) is 5.91. The standard InChI is InChI=1S/C5H12O2/c1-3-5(2,7)4-6/h6-7H,3-4H2,1-2H3. The summed E-state index contributed by atoms with van der Waals surface area (Å²) in [7, 11) is 0. The van der Waals surface area contributed by atoms with Crippen LogP contribution in [0.5, 0.6) is 0 Å². The van der Waals surface area contributed by atoms with E-state index in [9.17, 15) is 0 Å². The van der Waals surface area contributed by atoms with Crippen molar-refractivity contribution in [3.8, 4) is 0 Å². The van der Waals surface area contributed by atoms with Gasteiger partial charge in [0.25, 0.3) is 0 Å². The van der Waals surface area contributed by atoms with Crippen LogP contribution < -0.4 is 0 Å². The fourth-order valence-electron chi connectivity index (χ4n) is 0.112. The lowest BCUT2D eigenvalue weighted by molar-refractivity contribution is -0.00107. The Labute approximate surface area is 43.8 Å². The second kappa shape index (κ2) is 2.28. The highest BCUT2D eigenvalue weighted by molar-refractivity contribution is 4.66. The highest BCUT2D eigenvalue weighted by Crippen LogP contribution is 2.04. The summed E-state index contributed by atoms with van der Waals surface area (Å²) in [6, 6.07) is 0. The van der Waals surface area contributed by atoms with Gasteiger partial charge in [-0.05, 0) is 13.3 Å². The average molecular weight is 104 g/mol. The summed E-state index contributed by atoms with van der Waals surface area (Å²) < 4.78 is 0. The van der Waals surface area contributed by atoms with E-state index in [1.165, 1.54) is 0 Å². The van der Waals surface area contributed by atoms with E-state index < -0.39 is 5.60 Å². The predicted octanol–water partition coefficient (Wildman–Crippen LogP) is 0.140. The largest absolute Gasteiger partial charge is 0.393 e. The monoisotopic (exact) mass is 104 g/mol. The van der Waals surface area contributed by atoms with Gasteiger partial charge in [-0.1, -0.05) is 6.92 Å². The van der Waals surface area contributed by atoms with Crippen molar-refractivity contribution in [2.24, 2.45) is 0 Å². The maximum Gasteiger partial charge on any atom is 0.0846 e. The Balaban J connectivity index is 3.36. The summed E-state index contributed by atoms with van der Waals surface area (Å²) in [5.74, 6) is 0. The number of hydrogen-bond acceptors (Lipinski definition) is 2. The van der Waals surface area contributed by atoms with Crippen molar-refractivity contribution in [1.29, 1.82) is 0 Å². The van der Waals surface area contributed by atoms with Crippen molar-refractivity contribution in [3.63, 3.8) is 0 Å². The van der Waals surface area contributed by atoms with E-state index >= 15 is 0 Å². The van der Waals surface area contributed by atoms with Crippen LogP contribution in [0, 0.1) is 0 Å². The van der Waals surface area contributed by atoms with E-state index in [4.69, 9.17) is 10.2 Å². The van der Waals surface area contributed by atoms with Gasteiger partial charge in [0.1, 0.15) is 0 Å². The molecule has 0 aromatic rings. The molecule has 44 valence electrons. The molecule has 1 unspecified atom stereocenters. The summed E-state index contributed by atoms with van der Waals surface area (Å²) in [5.41, 5.74) is -0.861. The van der Waals surface area contributed by atoms with Crippen LogP contribution in [0.4, 0.5) is 0 Å². The van der Waals surface area contributed by atoms with Gasteiger partial charge in [0.2, 0.25) is 0 Å². The van der Waals surface area contributed by atoms with Crippen molar-refractivity contribution in [2.45, 2.75) is 25.9 Å². The minimum Gasteiger partial charge on any atom is -0.393 e. The van der Waals surface area contributed by atoms with Gasteiger partial charge in [-0.2, -0.15) is 0 Å². The topological polar surface area (TPSA) is 40.5 Å². The van der Waals surface area contributed by atoms with Crippen LogP contribution in [-0.2, 0) is 0 Å². The number of hydrogen-bond donors (Lipinski definition) is 2. The molecule has 0 aromatic heterocycles. The first-order valence-corrected chi connectivity index (χ1v) is 2.45. The minimum absolute atomic E-state index is 0.149. The molecule has 0 radical (unpaired) electrons. The van der Waals surface area contributed by atoms with Crippen molar-refractivity contribution in [1.82, 2.24) is 0 Å². The Kier molecular flexibility index (Phi) is 2.26. The molecule has 0 amide bonds. The normalized spacial score (nSPS) is 18.9. The molecule has 0 aromatic carbocycles. The zero-order valence-corrected chi connectivity index (χ0v) is 4.81. The SMILES string of the molecule is CCC(C)(O)CO. The van der Waals surface area contributed by atoms with Gasteiger partial charge in [0.05, 0.1) is 12.2 Å². The molecule has 0 aliphatic carbocycles. The number of aliphatic hydroxyl groups excluding tert-OH is 1. The van der Waals surface area contributed by atoms with Gasteiger partial charge in [-0.15, -0.1) is 0 Å². The van der Waals surface area contributed by atoms with Gasteiger partial charge in [-0.3, -0.25) is 0 Å². The Morgan fingerprint density at radius 3 is 2.00 bits per heavy atom. The van der Waals surface area contributed by atoms with Crippen LogP contribution in [0.15, 0.2) is 0 Å². The van der Waals surface area contributed by atoms with Gasteiger partial charge in [-0.25, -0.2) is 0 Å². The van der Waals surface area contributed by atoms with Crippen molar-refractivity contribution in [3.05, 3.63) is 0 Å². The first-order valence-electron chi connectivity index (χ1n) is 2.45. The molecule has 0 saturated carbocycles. The number of rotatable bonds is 2. The molecule has 1 atom stereocenters. The van der Waals surface area contributed by atoms with Crippen LogP contribution >= 0.6 is 0 Å². The molecule has 0 aliphatic rings. The lowest BCUT2D eigenvalue weighted by Crippen LogP contribution is -2.27. The molecule has 0 spiro atoms. The summed E-state index contributed by atoms with van der Waals surface area (Å²) in [6.07, 6.45) is 0.601. The third-order valence-electron chi connectivity index (χ3n) is 1.10. The molecule has 0 heterocycles. The van der Waals surface area contributed by atoms with E-state index in [0.717, 1.165) is 0 Å². The molecule has 0 bridgehead atoms. The van der Waals surface area contributed by atoms with Gasteiger partial charge < -0.3 is 10.2 Å². The van der Waals surface area contributed by atoms with E-state index in [-0.39, 0.29) is 6.61 Å². The number of aliphatic hydroxyl groups is 2. The smallest absolute Gasteiger partial charge is 0.0846 e. The molecule has 0 saturated heterocycles. The average Bonchev–Trinajstić information content (AvgIpc) is 1.68. The summed E-state index contributed by atoms with van der Waals surface area (Å²) in [4.78, 5) is 0. The van der Waals surface area contributed by atoms with Crippen LogP contribution in [0.1, 0.15) is 20.3 Å². The summed E-state index contributed by atoms with van der Waals surface area (Å²) in [6.45, 7) is 3.28. The first-order chi connectivity index (χ1) is 3.12. The molecular formula is C5H12O2. The molecular weight excluding hydrogens is 92.1 g/mol. The third-order valence-corrected chi connectivity index (χ3v) is 1.10. The van der Waals surface area contributed by atoms with Crippen LogP contribution in [0.3, 0.4) is 0 Å². The molecule has 0 rings (SSSR count). The van der Waals surface area contributed by atoms with E-state index in [0.29, 0.717) is 6.42 Å². The minimum atomic E-state index is -0.861. The second-order valence-corrected chi connectivity index (χ2v) is 2.01. The lowest BCUT2D eigenvalue weighted by atomic mass is 10.1. The summed E-state index contributed by atoms with van der Waals surface area (Å²) >= 11 is 0.